The molecule has 0 amide bonds. The lowest BCUT2D eigenvalue weighted by molar-refractivity contribution is 0.0310. The van der Waals surface area contributed by atoms with Crippen LogP contribution in [0.15, 0.2) is 12.1 Å². The summed E-state index contributed by atoms with van der Waals surface area (Å²) in [6.45, 7) is 0. The molecule has 0 fully saturated rings. The molecule has 0 saturated heterocycles. The van der Waals surface area contributed by atoms with E-state index in [4.69, 9.17) is 5.11 Å². The van der Waals surface area contributed by atoms with E-state index in [-0.39, 0.29) is 5.75 Å². The second kappa shape index (κ2) is 4.78. The highest BCUT2D eigenvalue weighted by atomic mass is 32.1. The summed E-state index contributed by atoms with van der Waals surface area (Å²) in [7, 11) is 0. The molecule has 0 spiro atoms. The van der Waals surface area contributed by atoms with E-state index in [1.165, 1.54) is 0 Å². The van der Waals surface area contributed by atoms with E-state index in [0.717, 1.165) is 12.1 Å². The molecule has 0 aliphatic carbocycles. The van der Waals surface area contributed by atoms with Crippen LogP contribution in [-0.2, 0) is 0 Å². The first-order valence-electron chi connectivity index (χ1n) is 4.13. The Morgan fingerprint density at radius 1 is 1.20 bits per heavy atom. The SMILES string of the molecule is Oc1ccc(C(O)C(O)CS)c(F)c1F. The van der Waals surface area contributed by atoms with Crippen LogP contribution in [0.3, 0.4) is 0 Å². The third kappa shape index (κ3) is 2.39. The van der Waals surface area contributed by atoms with Crippen molar-refractivity contribution in [2.75, 3.05) is 5.75 Å². The number of hydrogen-bond donors (Lipinski definition) is 4. The number of aliphatic hydroxyl groups excluding tert-OH is 2. The summed E-state index contributed by atoms with van der Waals surface area (Å²) in [5.41, 5.74) is -0.410. The van der Waals surface area contributed by atoms with E-state index in [1.807, 2.05) is 0 Å². The van der Waals surface area contributed by atoms with Crippen LogP contribution in [0.5, 0.6) is 5.75 Å². The fourth-order valence-electron chi connectivity index (χ4n) is 1.09. The summed E-state index contributed by atoms with van der Waals surface area (Å²) in [5, 5.41) is 27.4. The summed E-state index contributed by atoms with van der Waals surface area (Å²) in [5.74, 6) is -3.76. The van der Waals surface area contributed by atoms with Crippen LogP contribution in [0.1, 0.15) is 11.7 Å². The van der Waals surface area contributed by atoms with Crippen molar-refractivity contribution in [1.29, 1.82) is 0 Å². The third-order valence-electron chi connectivity index (χ3n) is 1.96. The van der Waals surface area contributed by atoms with Gasteiger partial charge in [0.15, 0.2) is 11.6 Å². The molecule has 0 aromatic heterocycles. The first-order valence-corrected chi connectivity index (χ1v) is 4.76. The molecule has 15 heavy (non-hydrogen) atoms. The molecule has 3 nitrogen and oxygen atoms in total. The van der Waals surface area contributed by atoms with E-state index < -0.39 is 35.2 Å². The number of halogens is 2. The molecule has 0 aliphatic heterocycles. The summed E-state index contributed by atoms with van der Waals surface area (Å²) in [6, 6.07) is 1.91. The lowest BCUT2D eigenvalue weighted by Crippen LogP contribution is -2.21. The Kier molecular flexibility index (Phi) is 3.90. The van der Waals surface area contributed by atoms with E-state index in [1.54, 1.807) is 0 Å². The van der Waals surface area contributed by atoms with Crippen molar-refractivity contribution < 1.29 is 24.1 Å². The summed E-state index contributed by atoms with van der Waals surface area (Å²) < 4.78 is 26.1. The fourth-order valence-corrected chi connectivity index (χ4v) is 1.29. The van der Waals surface area contributed by atoms with Crippen LogP contribution in [0.4, 0.5) is 8.78 Å². The van der Waals surface area contributed by atoms with Gasteiger partial charge in [0.05, 0.1) is 6.10 Å². The Hall–Kier alpha value is -0.850. The van der Waals surface area contributed by atoms with Crippen LogP contribution in [0.2, 0.25) is 0 Å². The predicted octanol–water partition coefficient (Wildman–Crippen LogP) is 0.994. The average molecular weight is 236 g/mol. The first-order chi connectivity index (χ1) is 6.99. The van der Waals surface area contributed by atoms with Crippen molar-refractivity contribution in [3.05, 3.63) is 29.3 Å². The molecule has 1 aromatic rings. The van der Waals surface area contributed by atoms with Gasteiger partial charge in [0.1, 0.15) is 6.10 Å². The quantitative estimate of drug-likeness (QED) is 0.592. The van der Waals surface area contributed by atoms with E-state index in [0.29, 0.717) is 0 Å². The molecule has 0 radical (unpaired) electrons. The maximum absolute atomic E-state index is 13.2. The topological polar surface area (TPSA) is 60.7 Å². The summed E-state index contributed by atoms with van der Waals surface area (Å²) in [6.07, 6.45) is -2.87. The van der Waals surface area contributed by atoms with Crippen molar-refractivity contribution in [2.24, 2.45) is 0 Å². The molecule has 1 aromatic carbocycles. The lowest BCUT2D eigenvalue weighted by Gasteiger charge is -2.17. The maximum Gasteiger partial charge on any atom is 0.200 e. The molecule has 2 atom stereocenters. The number of thiol groups is 1. The van der Waals surface area contributed by atoms with Crippen molar-refractivity contribution in [3.8, 4) is 5.75 Å². The molecule has 2 unspecified atom stereocenters. The van der Waals surface area contributed by atoms with Gasteiger partial charge in [-0.05, 0) is 12.1 Å². The van der Waals surface area contributed by atoms with Crippen molar-refractivity contribution in [2.45, 2.75) is 12.2 Å². The second-order valence-corrected chi connectivity index (χ2v) is 3.36. The third-order valence-corrected chi connectivity index (χ3v) is 2.34. The molecule has 6 heteroatoms. The van der Waals surface area contributed by atoms with E-state index >= 15 is 0 Å². The van der Waals surface area contributed by atoms with Gasteiger partial charge in [0.2, 0.25) is 5.82 Å². The molecule has 84 valence electrons. The zero-order chi connectivity index (χ0) is 11.6. The number of phenolic OH excluding ortho intramolecular Hbond substituents is 1. The van der Waals surface area contributed by atoms with Gasteiger partial charge in [0, 0.05) is 11.3 Å². The van der Waals surface area contributed by atoms with E-state index in [9.17, 15) is 19.0 Å². The van der Waals surface area contributed by atoms with Gasteiger partial charge < -0.3 is 15.3 Å². The highest BCUT2D eigenvalue weighted by Gasteiger charge is 2.23. The Morgan fingerprint density at radius 2 is 1.80 bits per heavy atom. The first kappa shape index (κ1) is 12.2. The maximum atomic E-state index is 13.2. The summed E-state index contributed by atoms with van der Waals surface area (Å²) >= 11 is 3.71. The molecule has 1 rings (SSSR count). The number of hydrogen-bond acceptors (Lipinski definition) is 4. The number of aliphatic hydroxyl groups is 2. The van der Waals surface area contributed by atoms with Crippen LogP contribution in [0.25, 0.3) is 0 Å². The van der Waals surface area contributed by atoms with Gasteiger partial charge >= 0.3 is 0 Å². The average Bonchev–Trinajstić information content (AvgIpc) is 2.24. The van der Waals surface area contributed by atoms with Gasteiger partial charge in [0.25, 0.3) is 0 Å². The van der Waals surface area contributed by atoms with Crippen molar-refractivity contribution in [3.63, 3.8) is 0 Å². The van der Waals surface area contributed by atoms with E-state index in [2.05, 4.69) is 12.6 Å². The molecule has 0 heterocycles. The lowest BCUT2D eigenvalue weighted by atomic mass is 10.0. The van der Waals surface area contributed by atoms with Crippen molar-refractivity contribution in [1.82, 2.24) is 0 Å². The van der Waals surface area contributed by atoms with Gasteiger partial charge in [-0.15, -0.1) is 0 Å². The molecular weight excluding hydrogens is 226 g/mol. The van der Waals surface area contributed by atoms with Gasteiger partial charge in [-0.2, -0.15) is 17.0 Å². The molecule has 0 bridgehead atoms. The highest BCUT2D eigenvalue weighted by molar-refractivity contribution is 7.80. The molecule has 0 aliphatic rings. The molecule has 0 saturated carbocycles. The second-order valence-electron chi connectivity index (χ2n) is 3.00. The minimum atomic E-state index is -1.57. The molecule has 3 N–H and O–H groups in total. The zero-order valence-corrected chi connectivity index (χ0v) is 8.46. The summed E-state index contributed by atoms with van der Waals surface area (Å²) in [4.78, 5) is 0. The number of benzene rings is 1. The van der Waals surface area contributed by atoms with Crippen molar-refractivity contribution >= 4 is 12.6 Å². The molecular formula is C9H10F2O3S. The van der Waals surface area contributed by atoms with Crippen LogP contribution in [-0.4, -0.2) is 27.2 Å². The van der Waals surface area contributed by atoms with Gasteiger partial charge in [-0.3, -0.25) is 0 Å². The standard InChI is InChI=1S/C9H10F2O3S/c10-7-4(9(14)6(13)3-15)1-2-5(12)8(7)11/h1-2,6,9,12-15H,3H2. The Morgan fingerprint density at radius 3 is 2.33 bits per heavy atom. The smallest absolute Gasteiger partial charge is 0.200 e. The van der Waals surface area contributed by atoms with Crippen LogP contribution >= 0.6 is 12.6 Å². The fraction of sp³-hybridized carbons (Fsp3) is 0.333. The monoisotopic (exact) mass is 236 g/mol. The highest BCUT2D eigenvalue weighted by Crippen LogP contribution is 2.27. The van der Waals surface area contributed by atoms with Gasteiger partial charge in [-0.25, -0.2) is 4.39 Å². The predicted molar refractivity (Wildman–Crippen MR) is 52.8 cm³/mol. The Balaban J connectivity index is 3.10. The Labute approximate surface area is 90.4 Å². The largest absolute Gasteiger partial charge is 0.505 e. The zero-order valence-electron chi connectivity index (χ0n) is 7.56. The minimum Gasteiger partial charge on any atom is -0.505 e. The number of phenols is 1. The normalized spacial score (nSPS) is 15.0. The Bertz CT molecular complexity index is 359. The minimum absolute atomic E-state index is 0.0941. The van der Waals surface area contributed by atoms with Gasteiger partial charge in [-0.1, -0.05) is 0 Å². The number of aromatic hydroxyl groups is 1. The number of rotatable bonds is 3. The van der Waals surface area contributed by atoms with Crippen LogP contribution < -0.4 is 0 Å². The van der Waals surface area contributed by atoms with Crippen LogP contribution in [0, 0.1) is 11.6 Å².